The van der Waals surface area contributed by atoms with E-state index in [1.54, 1.807) is 0 Å². The molecular formula is C21H17N5S2. The third-order valence-corrected chi connectivity index (χ3v) is 5.49. The minimum atomic E-state index is 0.139. The second-order valence-corrected chi connectivity index (χ2v) is 7.39. The van der Waals surface area contributed by atoms with E-state index < -0.39 is 0 Å². The molecule has 0 saturated heterocycles. The molecule has 1 aromatic heterocycles. The van der Waals surface area contributed by atoms with Gasteiger partial charge < -0.3 is 10.5 Å². The lowest BCUT2D eigenvalue weighted by atomic mass is 9.97. The summed E-state index contributed by atoms with van der Waals surface area (Å²) in [7, 11) is 0. The molecule has 5 nitrogen and oxygen atoms in total. The van der Waals surface area contributed by atoms with Gasteiger partial charge in [0.15, 0.2) is 0 Å². The lowest BCUT2D eigenvalue weighted by molar-refractivity contribution is 1.11. The number of rotatable bonds is 6. The Bertz CT molecular complexity index is 1070. The molecule has 0 unspecified atom stereocenters. The summed E-state index contributed by atoms with van der Waals surface area (Å²) in [4.78, 5) is 4.35. The number of thioether (sulfide) groups is 1. The van der Waals surface area contributed by atoms with Crippen molar-refractivity contribution in [2.45, 2.75) is 10.8 Å². The van der Waals surface area contributed by atoms with Gasteiger partial charge in [-0.25, -0.2) is 4.98 Å². The van der Waals surface area contributed by atoms with Crippen LogP contribution in [0.5, 0.6) is 0 Å². The molecule has 0 aliphatic carbocycles. The summed E-state index contributed by atoms with van der Waals surface area (Å²) in [6.07, 6.45) is 1.97. The molecule has 138 valence electrons. The summed E-state index contributed by atoms with van der Waals surface area (Å²) < 4.78 is 3.21. The van der Waals surface area contributed by atoms with Gasteiger partial charge in [0.2, 0.25) is 0 Å². The van der Waals surface area contributed by atoms with Gasteiger partial charge in [-0.15, -0.1) is 11.8 Å². The van der Waals surface area contributed by atoms with Gasteiger partial charge in [-0.3, -0.25) is 0 Å². The van der Waals surface area contributed by atoms with Crippen LogP contribution in [0.25, 0.3) is 11.1 Å². The van der Waals surface area contributed by atoms with Gasteiger partial charge in [-0.05, 0) is 23.3 Å². The van der Waals surface area contributed by atoms with Crippen molar-refractivity contribution in [1.29, 1.82) is 10.5 Å². The van der Waals surface area contributed by atoms with Crippen LogP contribution in [0, 0.1) is 22.7 Å². The number of nitrogen functional groups attached to an aromatic ring is 1. The third-order valence-electron chi connectivity index (χ3n) is 4.00. The highest BCUT2D eigenvalue weighted by molar-refractivity contribution is 7.99. The number of nitrogens with zero attached hydrogens (tertiary/aromatic N) is 3. The van der Waals surface area contributed by atoms with Crippen LogP contribution in [0.3, 0.4) is 0 Å². The lowest BCUT2D eigenvalue weighted by Gasteiger charge is -2.13. The van der Waals surface area contributed by atoms with Crippen molar-refractivity contribution < 1.29 is 0 Å². The van der Waals surface area contributed by atoms with Crippen LogP contribution in [0.15, 0.2) is 59.6 Å². The number of anilines is 2. The highest BCUT2D eigenvalue weighted by Crippen LogP contribution is 2.36. The summed E-state index contributed by atoms with van der Waals surface area (Å²) >= 11 is 2.97. The molecule has 0 amide bonds. The SMILES string of the molecule is CSNc1cccc(CSc2nc(N)c(C#N)c(-c3ccccc3)c2C#N)c1. The first-order chi connectivity index (χ1) is 13.7. The van der Waals surface area contributed by atoms with Crippen LogP contribution in [-0.4, -0.2) is 11.2 Å². The lowest BCUT2D eigenvalue weighted by Crippen LogP contribution is -2.03. The average molecular weight is 404 g/mol. The number of benzene rings is 2. The van der Waals surface area contributed by atoms with Crippen molar-refractivity contribution in [2.75, 3.05) is 16.7 Å². The van der Waals surface area contributed by atoms with E-state index in [1.165, 1.54) is 23.7 Å². The monoisotopic (exact) mass is 403 g/mol. The Hall–Kier alpha value is -3.13. The predicted octanol–water partition coefficient (Wildman–Crippen LogP) is 5.06. The minimum absolute atomic E-state index is 0.139. The Morgan fingerprint density at radius 1 is 1.04 bits per heavy atom. The summed E-state index contributed by atoms with van der Waals surface area (Å²) in [6.45, 7) is 0. The van der Waals surface area contributed by atoms with Crippen molar-refractivity contribution in [3.05, 3.63) is 71.3 Å². The maximum atomic E-state index is 9.82. The fourth-order valence-electron chi connectivity index (χ4n) is 2.79. The molecule has 3 rings (SSSR count). The van der Waals surface area contributed by atoms with Crippen molar-refractivity contribution in [3.63, 3.8) is 0 Å². The normalized spacial score (nSPS) is 10.1. The zero-order chi connectivity index (χ0) is 19.9. The Morgan fingerprint density at radius 2 is 1.79 bits per heavy atom. The van der Waals surface area contributed by atoms with Crippen LogP contribution in [-0.2, 0) is 5.75 Å². The van der Waals surface area contributed by atoms with Gasteiger partial charge in [0.05, 0.1) is 5.56 Å². The third kappa shape index (κ3) is 4.23. The van der Waals surface area contributed by atoms with Crippen LogP contribution in [0.4, 0.5) is 11.5 Å². The molecule has 3 aromatic rings. The first kappa shape index (κ1) is 19.6. The fraction of sp³-hybridized carbons (Fsp3) is 0.0952. The van der Waals surface area contributed by atoms with Crippen LogP contribution < -0.4 is 10.5 Å². The summed E-state index contributed by atoms with van der Waals surface area (Å²) in [5, 5.41) is 19.9. The van der Waals surface area contributed by atoms with E-state index in [4.69, 9.17) is 5.73 Å². The maximum Gasteiger partial charge on any atom is 0.143 e. The number of nitriles is 2. The van der Waals surface area contributed by atoms with Crippen molar-refractivity contribution in [3.8, 4) is 23.3 Å². The van der Waals surface area contributed by atoms with Gasteiger partial charge in [0.1, 0.15) is 28.5 Å². The first-order valence-corrected chi connectivity index (χ1v) is 10.6. The topological polar surface area (TPSA) is 98.5 Å². The molecule has 0 aliphatic heterocycles. The van der Waals surface area contributed by atoms with E-state index >= 15 is 0 Å². The molecule has 3 N–H and O–H groups in total. The summed E-state index contributed by atoms with van der Waals surface area (Å²) in [6, 6.07) is 21.7. The molecule has 0 saturated carbocycles. The smallest absolute Gasteiger partial charge is 0.143 e. The van der Waals surface area contributed by atoms with E-state index in [-0.39, 0.29) is 11.4 Å². The second kappa shape index (κ2) is 9.18. The fourth-order valence-corrected chi connectivity index (χ4v) is 4.09. The Morgan fingerprint density at radius 3 is 2.46 bits per heavy atom. The number of hydrogen-bond acceptors (Lipinski definition) is 7. The predicted molar refractivity (Wildman–Crippen MR) is 117 cm³/mol. The Kier molecular flexibility index (Phi) is 6.44. The maximum absolute atomic E-state index is 9.82. The summed E-state index contributed by atoms with van der Waals surface area (Å²) in [5.74, 6) is 0.770. The van der Waals surface area contributed by atoms with Crippen LogP contribution >= 0.6 is 23.7 Å². The van der Waals surface area contributed by atoms with Gasteiger partial charge in [0, 0.05) is 23.3 Å². The van der Waals surface area contributed by atoms with Crippen molar-refractivity contribution in [1.82, 2.24) is 4.98 Å². The Balaban J connectivity index is 2.01. The van der Waals surface area contributed by atoms with Gasteiger partial charge in [-0.1, -0.05) is 54.4 Å². The van der Waals surface area contributed by atoms with Crippen molar-refractivity contribution in [2.24, 2.45) is 0 Å². The molecule has 1 heterocycles. The average Bonchev–Trinajstić information content (AvgIpc) is 2.73. The number of nitrogens with one attached hydrogen (secondary N) is 1. The highest BCUT2D eigenvalue weighted by Gasteiger charge is 2.20. The van der Waals surface area contributed by atoms with E-state index in [2.05, 4.69) is 27.9 Å². The minimum Gasteiger partial charge on any atom is -0.383 e. The van der Waals surface area contributed by atoms with Crippen LogP contribution in [0.2, 0.25) is 0 Å². The Labute approximate surface area is 172 Å². The number of pyridine rings is 1. The molecule has 7 heteroatoms. The molecule has 0 radical (unpaired) electrons. The molecular weight excluding hydrogens is 386 g/mol. The van der Waals surface area contributed by atoms with Gasteiger partial charge in [0.25, 0.3) is 0 Å². The first-order valence-electron chi connectivity index (χ1n) is 8.37. The van der Waals surface area contributed by atoms with E-state index in [0.29, 0.717) is 21.9 Å². The van der Waals surface area contributed by atoms with Gasteiger partial charge in [-0.2, -0.15) is 10.5 Å². The van der Waals surface area contributed by atoms with Crippen LogP contribution in [0.1, 0.15) is 16.7 Å². The number of nitrogens with two attached hydrogens (primary N) is 1. The standard InChI is InChI=1S/C21H17N5S2/c1-27-26-16-9-5-6-14(10-16)13-28-21-18(12-23)19(15-7-3-2-4-8-15)17(11-22)20(24)25-21/h2-10,26H,13H2,1H3,(H2,24,25). The van der Waals surface area contributed by atoms with Gasteiger partial charge >= 0.3 is 0 Å². The number of aromatic nitrogens is 1. The number of hydrogen-bond donors (Lipinski definition) is 2. The zero-order valence-electron chi connectivity index (χ0n) is 15.1. The molecule has 0 bridgehead atoms. The quantitative estimate of drug-likeness (QED) is 0.438. The van der Waals surface area contributed by atoms with Crippen molar-refractivity contribution >= 4 is 35.2 Å². The molecule has 0 fully saturated rings. The molecule has 0 aliphatic rings. The molecule has 0 atom stereocenters. The second-order valence-electron chi connectivity index (χ2n) is 5.81. The van der Waals surface area contributed by atoms with E-state index in [0.717, 1.165) is 16.8 Å². The van der Waals surface area contributed by atoms with E-state index in [1.807, 2.05) is 54.8 Å². The molecule has 0 spiro atoms. The zero-order valence-corrected chi connectivity index (χ0v) is 16.8. The van der Waals surface area contributed by atoms with E-state index in [9.17, 15) is 10.5 Å². The molecule has 2 aromatic carbocycles. The highest BCUT2D eigenvalue weighted by atomic mass is 32.2. The molecule has 28 heavy (non-hydrogen) atoms. The largest absolute Gasteiger partial charge is 0.383 e. The summed E-state index contributed by atoms with van der Waals surface area (Å²) in [5.41, 5.74) is 10.1.